The quantitative estimate of drug-likeness (QED) is 0.656. The van der Waals surface area contributed by atoms with Crippen LogP contribution in [0.15, 0.2) is 60.0 Å². The number of ether oxygens (including phenoxy) is 1. The van der Waals surface area contributed by atoms with Gasteiger partial charge in [0.15, 0.2) is 5.16 Å². The average molecular weight is 329 g/mol. The molecule has 1 heterocycles. The first kappa shape index (κ1) is 15.6. The van der Waals surface area contributed by atoms with E-state index in [1.54, 1.807) is 37.3 Å². The van der Waals surface area contributed by atoms with E-state index in [1.165, 1.54) is 12.1 Å². The third kappa shape index (κ3) is 3.37. The summed E-state index contributed by atoms with van der Waals surface area (Å²) in [4.78, 5) is 0. The zero-order chi connectivity index (χ0) is 16.2. The van der Waals surface area contributed by atoms with Gasteiger partial charge in [-0.25, -0.2) is 4.39 Å². The Morgan fingerprint density at radius 3 is 2.61 bits per heavy atom. The number of para-hydroxylation sites is 2. The average Bonchev–Trinajstić information content (AvgIpc) is 3.03. The molecule has 1 atom stereocenters. The van der Waals surface area contributed by atoms with E-state index in [-0.39, 0.29) is 11.1 Å². The lowest BCUT2D eigenvalue weighted by Crippen LogP contribution is -2.00. The Labute approximate surface area is 138 Å². The molecule has 1 aromatic heterocycles. The van der Waals surface area contributed by atoms with Crippen LogP contribution < -0.4 is 4.74 Å². The Kier molecular flexibility index (Phi) is 4.62. The molecule has 4 nitrogen and oxygen atoms in total. The van der Waals surface area contributed by atoms with Gasteiger partial charge in [-0.1, -0.05) is 36.0 Å². The summed E-state index contributed by atoms with van der Waals surface area (Å²) in [6.07, 6.45) is 1.66. The maximum atomic E-state index is 13.0. The Hall–Kier alpha value is -2.34. The minimum atomic E-state index is -0.233. The van der Waals surface area contributed by atoms with Gasteiger partial charge < -0.3 is 4.74 Å². The molecule has 3 aromatic rings. The van der Waals surface area contributed by atoms with Gasteiger partial charge in [-0.3, -0.25) is 4.57 Å². The fraction of sp³-hybridized carbons (Fsp3) is 0.176. The second kappa shape index (κ2) is 6.83. The van der Waals surface area contributed by atoms with Crippen LogP contribution in [0.4, 0.5) is 4.39 Å². The molecule has 118 valence electrons. The van der Waals surface area contributed by atoms with Crippen molar-refractivity contribution in [2.24, 2.45) is 0 Å². The number of hydrogen-bond acceptors (Lipinski definition) is 4. The third-order valence-electron chi connectivity index (χ3n) is 3.48. The van der Waals surface area contributed by atoms with E-state index in [0.29, 0.717) is 0 Å². The van der Waals surface area contributed by atoms with Gasteiger partial charge in [0, 0.05) is 5.25 Å². The van der Waals surface area contributed by atoms with Crippen molar-refractivity contribution in [1.29, 1.82) is 0 Å². The molecule has 0 fully saturated rings. The van der Waals surface area contributed by atoms with Crippen molar-refractivity contribution in [1.82, 2.24) is 14.8 Å². The highest BCUT2D eigenvalue weighted by molar-refractivity contribution is 7.99. The molecule has 0 saturated carbocycles. The maximum Gasteiger partial charge on any atom is 0.196 e. The van der Waals surface area contributed by atoms with Crippen LogP contribution in [-0.4, -0.2) is 21.9 Å². The predicted octanol–water partition coefficient (Wildman–Crippen LogP) is 4.27. The van der Waals surface area contributed by atoms with E-state index in [4.69, 9.17) is 4.74 Å². The second-order valence-electron chi connectivity index (χ2n) is 4.97. The molecule has 2 aromatic carbocycles. The van der Waals surface area contributed by atoms with Crippen LogP contribution >= 0.6 is 11.8 Å². The van der Waals surface area contributed by atoms with Gasteiger partial charge in [0.25, 0.3) is 0 Å². The van der Waals surface area contributed by atoms with Crippen molar-refractivity contribution in [3.8, 4) is 11.4 Å². The lowest BCUT2D eigenvalue weighted by atomic mass is 10.2. The van der Waals surface area contributed by atoms with Gasteiger partial charge in [-0.2, -0.15) is 0 Å². The summed E-state index contributed by atoms with van der Waals surface area (Å²) in [5.41, 5.74) is 1.92. The van der Waals surface area contributed by atoms with Gasteiger partial charge in [0.1, 0.15) is 17.9 Å². The van der Waals surface area contributed by atoms with Crippen LogP contribution in [0.3, 0.4) is 0 Å². The maximum absolute atomic E-state index is 13.0. The molecule has 0 bridgehead atoms. The molecule has 0 aliphatic rings. The minimum absolute atomic E-state index is 0.119. The minimum Gasteiger partial charge on any atom is -0.495 e. The molecule has 0 amide bonds. The number of thioether (sulfide) groups is 1. The molecule has 6 heteroatoms. The van der Waals surface area contributed by atoms with E-state index in [0.717, 1.165) is 22.2 Å². The Morgan fingerprint density at radius 1 is 1.13 bits per heavy atom. The number of nitrogens with zero attached hydrogens (tertiary/aromatic N) is 3. The van der Waals surface area contributed by atoms with Crippen LogP contribution in [0.5, 0.6) is 5.75 Å². The van der Waals surface area contributed by atoms with Gasteiger partial charge in [0.05, 0.1) is 12.8 Å². The molecule has 0 aliphatic carbocycles. The predicted molar refractivity (Wildman–Crippen MR) is 88.6 cm³/mol. The van der Waals surface area contributed by atoms with Crippen molar-refractivity contribution in [2.75, 3.05) is 7.11 Å². The Morgan fingerprint density at radius 2 is 1.87 bits per heavy atom. The fourth-order valence-corrected chi connectivity index (χ4v) is 3.22. The Balaban J connectivity index is 1.88. The molecule has 0 aliphatic heterocycles. The summed E-state index contributed by atoms with van der Waals surface area (Å²) >= 11 is 1.56. The molecule has 0 spiro atoms. The largest absolute Gasteiger partial charge is 0.495 e. The first-order valence-corrected chi connectivity index (χ1v) is 8.02. The third-order valence-corrected chi connectivity index (χ3v) is 4.60. The van der Waals surface area contributed by atoms with Crippen LogP contribution in [0.2, 0.25) is 0 Å². The lowest BCUT2D eigenvalue weighted by molar-refractivity contribution is 0.412. The van der Waals surface area contributed by atoms with Gasteiger partial charge in [0.2, 0.25) is 0 Å². The van der Waals surface area contributed by atoms with Crippen molar-refractivity contribution in [2.45, 2.75) is 17.3 Å². The number of benzene rings is 2. The van der Waals surface area contributed by atoms with Crippen molar-refractivity contribution in [3.63, 3.8) is 0 Å². The first-order valence-electron chi connectivity index (χ1n) is 7.14. The van der Waals surface area contributed by atoms with E-state index in [1.807, 2.05) is 28.8 Å². The number of aromatic nitrogens is 3. The normalized spacial score (nSPS) is 12.1. The monoisotopic (exact) mass is 329 g/mol. The fourth-order valence-electron chi connectivity index (χ4n) is 2.26. The molecule has 0 saturated heterocycles. The van der Waals surface area contributed by atoms with Crippen LogP contribution in [-0.2, 0) is 0 Å². The highest BCUT2D eigenvalue weighted by Gasteiger charge is 2.15. The van der Waals surface area contributed by atoms with Crippen LogP contribution in [0, 0.1) is 5.82 Å². The van der Waals surface area contributed by atoms with E-state index >= 15 is 0 Å². The van der Waals surface area contributed by atoms with Crippen molar-refractivity contribution < 1.29 is 9.13 Å². The van der Waals surface area contributed by atoms with Crippen LogP contribution in [0.25, 0.3) is 5.69 Å². The molecule has 0 N–H and O–H groups in total. The first-order chi connectivity index (χ1) is 11.2. The van der Waals surface area contributed by atoms with Crippen molar-refractivity contribution >= 4 is 11.8 Å². The standard InChI is InChI=1S/C17H16FN3OS/c1-12(13-7-9-14(18)10-8-13)23-17-20-19-11-21(17)15-5-3-4-6-16(15)22-2/h3-12H,1-2H3/t12-/m0/s1. The summed E-state index contributed by atoms with van der Waals surface area (Å²) in [6, 6.07) is 14.2. The topological polar surface area (TPSA) is 39.9 Å². The summed E-state index contributed by atoms with van der Waals surface area (Å²) in [7, 11) is 1.64. The highest BCUT2D eigenvalue weighted by atomic mass is 32.2. The molecular formula is C17H16FN3OS. The summed E-state index contributed by atoms with van der Waals surface area (Å²) in [5, 5.41) is 9.08. The summed E-state index contributed by atoms with van der Waals surface area (Å²) < 4.78 is 20.3. The van der Waals surface area contributed by atoms with E-state index < -0.39 is 0 Å². The number of methoxy groups -OCH3 is 1. The van der Waals surface area contributed by atoms with Gasteiger partial charge in [-0.15, -0.1) is 10.2 Å². The zero-order valence-electron chi connectivity index (χ0n) is 12.8. The van der Waals surface area contributed by atoms with Crippen LogP contribution in [0.1, 0.15) is 17.7 Å². The summed E-state index contributed by atoms with van der Waals surface area (Å²) in [6.45, 7) is 2.05. The zero-order valence-corrected chi connectivity index (χ0v) is 13.6. The number of hydrogen-bond donors (Lipinski definition) is 0. The SMILES string of the molecule is COc1ccccc1-n1cnnc1S[C@@H](C)c1ccc(F)cc1. The smallest absolute Gasteiger partial charge is 0.196 e. The molecule has 0 radical (unpaired) electrons. The summed E-state index contributed by atoms with van der Waals surface area (Å²) in [5.74, 6) is 0.520. The highest BCUT2D eigenvalue weighted by Crippen LogP contribution is 2.35. The molecule has 0 unspecified atom stereocenters. The number of halogens is 1. The molecule has 3 rings (SSSR count). The molecular weight excluding hydrogens is 313 g/mol. The lowest BCUT2D eigenvalue weighted by Gasteiger charge is -2.14. The molecule has 23 heavy (non-hydrogen) atoms. The van der Waals surface area contributed by atoms with E-state index in [9.17, 15) is 4.39 Å². The van der Waals surface area contributed by atoms with Gasteiger partial charge >= 0.3 is 0 Å². The van der Waals surface area contributed by atoms with Crippen molar-refractivity contribution in [3.05, 3.63) is 66.2 Å². The Bertz CT molecular complexity index is 789. The second-order valence-corrected chi connectivity index (χ2v) is 6.27. The van der Waals surface area contributed by atoms with E-state index in [2.05, 4.69) is 17.1 Å². The van der Waals surface area contributed by atoms with Gasteiger partial charge in [-0.05, 0) is 36.8 Å². The number of rotatable bonds is 5.